The van der Waals surface area contributed by atoms with Gasteiger partial charge in [0.15, 0.2) is 0 Å². The van der Waals surface area contributed by atoms with Gasteiger partial charge in [-0.1, -0.05) is 23.6 Å². The summed E-state index contributed by atoms with van der Waals surface area (Å²) in [7, 11) is 0. The van der Waals surface area contributed by atoms with Gasteiger partial charge in [0.1, 0.15) is 18.6 Å². The second-order valence-corrected chi connectivity index (χ2v) is 6.11. The number of aliphatic hydroxyl groups excluding tert-OH is 1. The molecule has 1 heterocycles. The molecule has 1 N–H and O–H groups in total. The summed E-state index contributed by atoms with van der Waals surface area (Å²) in [6.45, 7) is 2.89. The van der Waals surface area contributed by atoms with E-state index in [4.69, 9.17) is 22.8 Å². The first-order chi connectivity index (χ1) is 11.6. The van der Waals surface area contributed by atoms with Crippen molar-refractivity contribution in [2.75, 3.05) is 18.1 Å². The largest absolute Gasteiger partial charge is 0.492 e. The number of nitrogens with zero attached hydrogens (tertiary/aromatic N) is 1. The van der Waals surface area contributed by atoms with Gasteiger partial charge < -0.3 is 14.7 Å². The molecule has 0 saturated heterocycles. The number of rotatable bonds is 4. The molecule has 0 aromatic heterocycles. The predicted octanol–water partition coefficient (Wildman–Crippen LogP) is 3.94. The van der Waals surface area contributed by atoms with Crippen LogP contribution < -0.4 is 9.64 Å². The molecule has 0 bridgehead atoms. The maximum Gasteiger partial charge on any atom is 0.149 e. The highest BCUT2D eigenvalue weighted by molar-refractivity contribution is 6.31. The molecule has 1 unspecified atom stereocenters. The highest BCUT2D eigenvalue weighted by Crippen LogP contribution is 2.33. The lowest BCUT2D eigenvalue weighted by Gasteiger charge is -2.35. The van der Waals surface area contributed by atoms with E-state index in [0.717, 1.165) is 28.1 Å². The Morgan fingerprint density at radius 2 is 2.00 bits per heavy atom. The Bertz CT molecular complexity index is 805. The van der Waals surface area contributed by atoms with E-state index < -0.39 is 6.23 Å². The van der Waals surface area contributed by atoms with Crippen molar-refractivity contribution in [2.24, 2.45) is 0 Å². The summed E-state index contributed by atoms with van der Waals surface area (Å²) < 4.78 is 5.76. The quantitative estimate of drug-likeness (QED) is 0.856. The van der Waals surface area contributed by atoms with E-state index in [-0.39, 0.29) is 0 Å². The molecule has 0 spiro atoms. The van der Waals surface area contributed by atoms with E-state index >= 15 is 0 Å². The van der Waals surface area contributed by atoms with Crippen LogP contribution in [0.25, 0.3) is 6.08 Å². The Morgan fingerprint density at radius 1 is 1.25 bits per heavy atom. The summed E-state index contributed by atoms with van der Waals surface area (Å²) in [5.41, 5.74) is 3.66. The van der Waals surface area contributed by atoms with Gasteiger partial charge >= 0.3 is 0 Å². The van der Waals surface area contributed by atoms with Gasteiger partial charge in [0, 0.05) is 16.3 Å². The minimum Gasteiger partial charge on any atom is -0.492 e. The first-order valence-electron chi connectivity index (χ1n) is 7.70. The Hall–Kier alpha value is -2.41. The molecule has 0 amide bonds. The molecule has 3 rings (SSSR count). The van der Waals surface area contributed by atoms with E-state index in [1.807, 2.05) is 60.4 Å². The van der Waals surface area contributed by atoms with Crippen LogP contribution in [0.1, 0.15) is 18.1 Å². The summed E-state index contributed by atoms with van der Waals surface area (Å²) in [4.78, 5) is 1.90. The van der Waals surface area contributed by atoms with E-state index in [2.05, 4.69) is 5.92 Å². The highest BCUT2D eigenvalue weighted by atomic mass is 35.5. The molecule has 1 aliphatic heterocycles. The number of anilines is 1. The molecule has 2 aromatic rings. The lowest BCUT2D eigenvalue weighted by Crippen LogP contribution is -2.41. The van der Waals surface area contributed by atoms with Crippen LogP contribution in [0, 0.1) is 12.3 Å². The monoisotopic (exact) mass is 339 g/mol. The smallest absolute Gasteiger partial charge is 0.149 e. The lowest BCUT2D eigenvalue weighted by molar-refractivity contribution is 0.194. The third-order valence-corrected chi connectivity index (χ3v) is 4.24. The van der Waals surface area contributed by atoms with Crippen molar-refractivity contribution >= 4 is 23.4 Å². The Kier molecular flexibility index (Phi) is 4.80. The predicted molar refractivity (Wildman–Crippen MR) is 98.3 cm³/mol. The van der Waals surface area contributed by atoms with Crippen LogP contribution in [0.5, 0.6) is 5.75 Å². The summed E-state index contributed by atoms with van der Waals surface area (Å²) in [6, 6.07) is 13.0. The molecule has 3 nitrogen and oxygen atoms in total. The van der Waals surface area contributed by atoms with E-state index in [9.17, 15) is 5.11 Å². The fourth-order valence-electron chi connectivity index (χ4n) is 2.74. The summed E-state index contributed by atoms with van der Waals surface area (Å²) in [5.74, 6) is 3.32. The van der Waals surface area contributed by atoms with E-state index in [1.54, 1.807) is 0 Å². The van der Waals surface area contributed by atoms with Crippen LogP contribution in [0.15, 0.2) is 48.0 Å². The Morgan fingerprint density at radius 3 is 2.71 bits per heavy atom. The zero-order valence-corrected chi connectivity index (χ0v) is 14.1. The lowest BCUT2D eigenvalue weighted by atomic mass is 10.0. The van der Waals surface area contributed by atoms with Gasteiger partial charge in [0.25, 0.3) is 0 Å². The van der Waals surface area contributed by atoms with Crippen LogP contribution in [0.2, 0.25) is 5.02 Å². The fourth-order valence-corrected chi connectivity index (χ4v) is 2.90. The molecule has 0 fully saturated rings. The van der Waals surface area contributed by atoms with Crippen LogP contribution in [-0.2, 0) is 0 Å². The minimum absolute atomic E-state index is 0.436. The SMILES string of the molecule is C#Cc1ccc(OCCN2c3cc(Cl)ccc3C=C(C)C2O)cc1. The molecule has 0 saturated carbocycles. The Labute approximate surface area is 147 Å². The van der Waals surface area contributed by atoms with Crippen molar-refractivity contribution < 1.29 is 9.84 Å². The molecule has 2 aromatic carbocycles. The van der Waals surface area contributed by atoms with Gasteiger partial charge in [0.05, 0.1) is 6.54 Å². The minimum atomic E-state index is -0.677. The molecular formula is C20H18ClNO2. The molecule has 0 aliphatic carbocycles. The number of hydrogen-bond acceptors (Lipinski definition) is 3. The maximum atomic E-state index is 10.5. The van der Waals surface area contributed by atoms with Gasteiger partial charge in [0.2, 0.25) is 0 Å². The van der Waals surface area contributed by atoms with Crippen molar-refractivity contribution in [2.45, 2.75) is 13.2 Å². The van der Waals surface area contributed by atoms with Crippen LogP contribution in [-0.4, -0.2) is 24.5 Å². The third-order valence-electron chi connectivity index (χ3n) is 4.01. The topological polar surface area (TPSA) is 32.7 Å². The van der Waals surface area contributed by atoms with Crippen molar-refractivity contribution in [1.82, 2.24) is 0 Å². The van der Waals surface area contributed by atoms with Gasteiger partial charge in [-0.25, -0.2) is 0 Å². The number of halogens is 1. The first kappa shape index (κ1) is 16.4. The highest BCUT2D eigenvalue weighted by Gasteiger charge is 2.24. The number of hydrogen-bond donors (Lipinski definition) is 1. The molecule has 0 radical (unpaired) electrons. The van der Waals surface area contributed by atoms with Crippen molar-refractivity contribution in [3.63, 3.8) is 0 Å². The van der Waals surface area contributed by atoms with Gasteiger partial charge in [-0.05, 0) is 60.5 Å². The zero-order valence-electron chi connectivity index (χ0n) is 13.4. The second-order valence-electron chi connectivity index (χ2n) is 5.68. The molecule has 24 heavy (non-hydrogen) atoms. The van der Waals surface area contributed by atoms with Crippen LogP contribution in [0.3, 0.4) is 0 Å². The zero-order chi connectivity index (χ0) is 17.1. The molecule has 4 heteroatoms. The van der Waals surface area contributed by atoms with Gasteiger partial charge in [-0.3, -0.25) is 0 Å². The van der Waals surface area contributed by atoms with Crippen molar-refractivity contribution in [1.29, 1.82) is 0 Å². The van der Waals surface area contributed by atoms with Gasteiger partial charge in [-0.2, -0.15) is 0 Å². The fraction of sp³-hybridized carbons (Fsp3) is 0.200. The Balaban J connectivity index is 1.71. The molecular weight excluding hydrogens is 322 g/mol. The van der Waals surface area contributed by atoms with E-state index in [1.165, 1.54) is 0 Å². The first-order valence-corrected chi connectivity index (χ1v) is 8.08. The normalized spacial score (nSPS) is 16.2. The standard InChI is InChI=1S/C20H18ClNO2/c1-3-15-4-8-18(9-5-15)24-11-10-22-19-13-17(21)7-6-16(19)12-14(2)20(22)23/h1,4-9,12-13,20,23H,10-11H2,2H3. The second kappa shape index (κ2) is 7.00. The summed E-state index contributed by atoms with van der Waals surface area (Å²) in [6.07, 6.45) is 6.64. The summed E-state index contributed by atoms with van der Waals surface area (Å²) in [5, 5.41) is 11.1. The van der Waals surface area contributed by atoms with Crippen LogP contribution >= 0.6 is 11.6 Å². The van der Waals surface area contributed by atoms with Crippen molar-refractivity contribution in [3.8, 4) is 18.1 Å². The molecule has 122 valence electrons. The summed E-state index contributed by atoms with van der Waals surface area (Å²) >= 11 is 6.11. The van der Waals surface area contributed by atoms with E-state index in [0.29, 0.717) is 18.2 Å². The number of benzene rings is 2. The number of ether oxygens (including phenoxy) is 1. The van der Waals surface area contributed by atoms with Gasteiger partial charge in [-0.15, -0.1) is 6.42 Å². The molecule has 1 atom stereocenters. The number of terminal acetylenes is 1. The maximum absolute atomic E-state index is 10.5. The molecule has 1 aliphatic rings. The average Bonchev–Trinajstić information content (AvgIpc) is 2.59. The average molecular weight is 340 g/mol. The van der Waals surface area contributed by atoms with Crippen molar-refractivity contribution in [3.05, 3.63) is 64.2 Å². The number of aliphatic hydroxyl groups is 1. The number of fused-ring (bicyclic) bond motifs is 1. The van der Waals surface area contributed by atoms with Crippen LogP contribution in [0.4, 0.5) is 5.69 Å². The third kappa shape index (κ3) is 3.41.